The molecule has 2 aromatic carbocycles. The van der Waals surface area contributed by atoms with Gasteiger partial charge in [0.15, 0.2) is 6.61 Å². The highest BCUT2D eigenvalue weighted by Crippen LogP contribution is 2.16. The van der Waals surface area contributed by atoms with Crippen molar-refractivity contribution < 1.29 is 14.4 Å². The molecule has 1 fully saturated rings. The molecule has 3 rings (SSSR count). The molecule has 1 saturated heterocycles. The molecular weight excluding hydrogens is 338 g/mol. The Morgan fingerprint density at radius 2 is 1.74 bits per heavy atom. The van der Waals surface area contributed by atoms with Crippen LogP contribution in [0, 0.1) is 11.3 Å². The van der Waals surface area contributed by atoms with E-state index in [4.69, 9.17) is 10.00 Å². The zero-order valence-corrected chi connectivity index (χ0v) is 15.5. The predicted octanol–water partition coefficient (Wildman–Crippen LogP) is 1.82. The van der Waals surface area contributed by atoms with Crippen LogP contribution in [0.1, 0.15) is 36.0 Å². The summed E-state index contributed by atoms with van der Waals surface area (Å²) >= 11 is 0. The fourth-order valence-corrected chi connectivity index (χ4v) is 3.47. The molecular formula is C22H26N3O2+. The van der Waals surface area contributed by atoms with Gasteiger partial charge in [-0.05, 0) is 37.0 Å². The summed E-state index contributed by atoms with van der Waals surface area (Å²) in [6, 6.07) is 17.3. The number of piperidine rings is 1. The van der Waals surface area contributed by atoms with Crippen LogP contribution in [-0.2, 0) is 17.9 Å². The second kappa shape index (κ2) is 9.75. The number of hydrogen-bond donors (Lipinski definition) is 2. The van der Waals surface area contributed by atoms with E-state index in [-0.39, 0.29) is 12.5 Å². The molecule has 0 unspecified atom stereocenters. The number of nitriles is 1. The molecule has 5 nitrogen and oxygen atoms in total. The number of rotatable bonds is 7. The molecule has 0 aliphatic carbocycles. The van der Waals surface area contributed by atoms with Crippen LogP contribution in [0.4, 0.5) is 0 Å². The van der Waals surface area contributed by atoms with Crippen molar-refractivity contribution in [2.45, 2.75) is 32.4 Å². The molecule has 2 N–H and O–H groups in total. The number of benzene rings is 2. The predicted molar refractivity (Wildman–Crippen MR) is 103 cm³/mol. The van der Waals surface area contributed by atoms with Crippen LogP contribution in [-0.4, -0.2) is 25.6 Å². The first-order valence-electron chi connectivity index (χ1n) is 9.55. The Bertz CT molecular complexity index is 807. The van der Waals surface area contributed by atoms with Crippen LogP contribution in [0.2, 0.25) is 0 Å². The minimum absolute atomic E-state index is 0.0990. The minimum atomic E-state index is -0.192. The number of hydrogen-bond acceptors (Lipinski definition) is 3. The molecule has 1 aliphatic heterocycles. The minimum Gasteiger partial charge on any atom is -0.482 e. The van der Waals surface area contributed by atoms with Gasteiger partial charge in [-0.2, -0.15) is 5.26 Å². The first-order chi connectivity index (χ1) is 13.3. The number of likely N-dealkylation sites (tertiary alicyclic amines) is 1. The van der Waals surface area contributed by atoms with Crippen LogP contribution in [0.3, 0.4) is 0 Å². The van der Waals surface area contributed by atoms with Gasteiger partial charge in [0.05, 0.1) is 18.7 Å². The summed E-state index contributed by atoms with van der Waals surface area (Å²) in [5, 5.41) is 12.0. The number of nitrogens with one attached hydrogen (secondary N) is 2. The number of amides is 1. The number of quaternary nitrogens is 1. The van der Waals surface area contributed by atoms with Gasteiger partial charge in [0.25, 0.3) is 5.91 Å². The van der Waals surface area contributed by atoms with Crippen molar-refractivity contribution in [3.8, 4) is 11.8 Å². The topological polar surface area (TPSA) is 66.6 Å². The Morgan fingerprint density at radius 3 is 2.52 bits per heavy atom. The number of nitrogens with zero attached hydrogens (tertiary/aromatic N) is 1. The van der Waals surface area contributed by atoms with E-state index in [1.54, 1.807) is 29.2 Å². The van der Waals surface area contributed by atoms with Crippen molar-refractivity contribution in [3.63, 3.8) is 0 Å². The summed E-state index contributed by atoms with van der Waals surface area (Å²) < 4.78 is 5.49. The lowest BCUT2D eigenvalue weighted by Gasteiger charge is -2.24. The Balaban J connectivity index is 1.52. The highest BCUT2D eigenvalue weighted by atomic mass is 16.5. The van der Waals surface area contributed by atoms with Crippen molar-refractivity contribution in [3.05, 3.63) is 65.2 Å². The van der Waals surface area contributed by atoms with E-state index >= 15 is 0 Å². The van der Waals surface area contributed by atoms with Crippen LogP contribution in [0.25, 0.3) is 0 Å². The fourth-order valence-electron chi connectivity index (χ4n) is 3.47. The van der Waals surface area contributed by atoms with Gasteiger partial charge in [-0.25, -0.2) is 0 Å². The zero-order chi connectivity index (χ0) is 18.9. The SMILES string of the molecule is N#Cc1ccccc1OCC(=O)NCc1ccccc1C[NH+]1CCCCC1. The molecule has 140 valence electrons. The van der Waals surface area contributed by atoms with Crippen LogP contribution in [0.15, 0.2) is 48.5 Å². The molecule has 0 atom stereocenters. The van der Waals surface area contributed by atoms with Crippen LogP contribution >= 0.6 is 0 Å². The van der Waals surface area contributed by atoms with Crippen molar-refractivity contribution in [1.82, 2.24) is 5.32 Å². The van der Waals surface area contributed by atoms with Gasteiger partial charge in [-0.1, -0.05) is 36.4 Å². The number of carbonyl (C=O) groups is 1. The molecule has 0 saturated carbocycles. The monoisotopic (exact) mass is 364 g/mol. The second-order valence-corrected chi connectivity index (χ2v) is 6.93. The van der Waals surface area contributed by atoms with Gasteiger partial charge in [0.1, 0.15) is 18.4 Å². The average molecular weight is 364 g/mol. The smallest absolute Gasteiger partial charge is 0.258 e. The largest absolute Gasteiger partial charge is 0.482 e. The maximum atomic E-state index is 12.2. The molecule has 0 bridgehead atoms. The molecule has 27 heavy (non-hydrogen) atoms. The third kappa shape index (κ3) is 5.57. The molecule has 0 radical (unpaired) electrons. The lowest BCUT2D eigenvalue weighted by Crippen LogP contribution is -3.11. The summed E-state index contributed by atoms with van der Waals surface area (Å²) in [6.45, 7) is 3.86. The molecule has 0 spiro atoms. The summed E-state index contributed by atoms with van der Waals surface area (Å²) in [6.07, 6.45) is 3.95. The first kappa shape index (κ1) is 18.9. The quantitative estimate of drug-likeness (QED) is 0.788. The number of ether oxygens (including phenoxy) is 1. The lowest BCUT2D eigenvalue weighted by atomic mass is 10.0. The van der Waals surface area contributed by atoms with Gasteiger partial charge < -0.3 is 15.0 Å². The van der Waals surface area contributed by atoms with E-state index in [1.807, 2.05) is 6.07 Å². The third-order valence-corrected chi connectivity index (χ3v) is 4.96. The van der Waals surface area contributed by atoms with Gasteiger partial charge in [-0.15, -0.1) is 0 Å². The Labute approximate surface area is 160 Å². The third-order valence-electron chi connectivity index (χ3n) is 4.96. The highest BCUT2D eigenvalue weighted by Gasteiger charge is 2.16. The highest BCUT2D eigenvalue weighted by molar-refractivity contribution is 5.77. The Hall–Kier alpha value is -2.84. The maximum absolute atomic E-state index is 12.2. The lowest BCUT2D eigenvalue weighted by molar-refractivity contribution is -0.918. The zero-order valence-electron chi connectivity index (χ0n) is 15.5. The van der Waals surface area contributed by atoms with E-state index in [1.165, 1.54) is 37.9 Å². The maximum Gasteiger partial charge on any atom is 0.258 e. The van der Waals surface area contributed by atoms with E-state index in [0.717, 1.165) is 12.1 Å². The molecule has 1 aliphatic rings. The van der Waals surface area contributed by atoms with Gasteiger partial charge >= 0.3 is 0 Å². The summed E-state index contributed by atoms with van der Waals surface area (Å²) in [7, 11) is 0. The molecule has 1 amide bonds. The summed E-state index contributed by atoms with van der Waals surface area (Å²) in [5.74, 6) is 0.243. The van der Waals surface area contributed by atoms with Crippen molar-refractivity contribution in [1.29, 1.82) is 5.26 Å². The van der Waals surface area contributed by atoms with E-state index in [0.29, 0.717) is 17.9 Å². The molecule has 2 aromatic rings. The van der Waals surface area contributed by atoms with Crippen molar-refractivity contribution >= 4 is 5.91 Å². The molecule has 5 heteroatoms. The summed E-state index contributed by atoms with van der Waals surface area (Å²) in [4.78, 5) is 13.8. The molecule has 1 heterocycles. The second-order valence-electron chi connectivity index (χ2n) is 6.93. The van der Waals surface area contributed by atoms with E-state index in [2.05, 4.69) is 29.6 Å². The fraction of sp³-hybridized carbons (Fsp3) is 0.364. The first-order valence-corrected chi connectivity index (χ1v) is 9.55. The van der Waals surface area contributed by atoms with Crippen molar-refractivity contribution in [2.24, 2.45) is 0 Å². The van der Waals surface area contributed by atoms with Crippen LogP contribution in [0.5, 0.6) is 5.75 Å². The average Bonchev–Trinajstić information content (AvgIpc) is 2.72. The normalized spacial score (nSPS) is 14.3. The Morgan fingerprint density at radius 1 is 1.04 bits per heavy atom. The van der Waals surface area contributed by atoms with E-state index in [9.17, 15) is 4.79 Å². The number of para-hydroxylation sites is 1. The summed E-state index contributed by atoms with van der Waals surface area (Å²) in [5.41, 5.74) is 2.88. The van der Waals surface area contributed by atoms with Crippen molar-refractivity contribution in [2.75, 3.05) is 19.7 Å². The Kier molecular flexibility index (Phi) is 6.84. The van der Waals surface area contributed by atoms with Gasteiger partial charge in [0.2, 0.25) is 0 Å². The van der Waals surface area contributed by atoms with Gasteiger partial charge in [-0.3, -0.25) is 4.79 Å². The van der Waals surface area contributed by atoms with Crippen LogP contribution < -0.4 is 15.0 Å². The molecule has 0 aromatic heterocycles. The number of carbonyl (C=O) groups excluding carboxylic acids is 1. The van der Waals surface area contributed by atoms with Gasteiger partial charge in [0, 0.05) is 12.1 Å². The van der Waals surface area contributed by atoms with E-state index < -0.39 is 0 Å². The standard InChI is InChI=1S/C22H25N3O2/c23-14-18-8-4-5-11-21(18)27-17-22(26)24-15-19-9-2-3-10-20(19)16-25-12-6-1-7-13-25/h2-5,8-11H,1,6-7,12-13,15-17H2,(H,24,26)/p+1.